The van der Waals surface area contributed by atoms with Gasteiger partial charge in [0.1, 0.15) is 6.61 Å². The second kappa shape index (κ2) is 8.39. The van der Waals surface area contributed by atoms with E-state index in [4.69, 9.17) is 25.8 Å². The monoisotopic (exact) mass is 301 g/mol. The molecule has 0 bridgehead atoms. The SMILES string of the molecule is C=CCOCc1cc([N+](=O)[O-])cc(OC)c1OCCCl. The number of nitro groups is 1. The van der Waals surface area contributed by atoms with Crippen molar-refractivity contribution in [3.05, 3.63) is 40.5 Å². The van der Waals surface area contributed by atoms with Crippen LogP contribution in [0, 0.1) is 10.1 Å². The van der Waals surface area contributed by atoms with Crippen molar-refractivity contribution in [3.63, 3.8) is 0 Å². The Morgan fingerprint density at radius 1 is 1.50 bits per heavy atom. The third-order valence-corrected chi connectivity index (χ3v) is 2.52. The molecular weight excluding hydrogens is 286 g/mol. The molecular formula is C13H16ClNO5. The van der Waals surface area contributed by atoms with Crippen LogP contribution in [-0.2, 0) is 11.3 Å². The molecule has 1 aromatic carbocycles. The van der Waals surface area contributed by atoms with Crippen molar-refractivity contribution >= 4 is 17.3 Å². The zero-order chi connectivity index (χ0) is 15.0. The van der Waals surface area contributed by atoms with Gasteiger partial charge in [0.05, 0.1) is 37.2 Å². The van der Waals surface area contributed by atoms with E-state index in [1.54, 1.807) is 6.08 Å². The predicted molar refractivity (Wildman–Crippen MR) is 75.7 cm³/mol. The maximum Gasteiger partial charge on any atom is 0.273 e. The largest absolute Gasteiger partial charge is 0.493 e. The highest BCUT2D eigenvalue weighted by atomic mass is 35.5. The van der Waals surface area contributed by atoms with Gasteiger partial charge in [-0.2, -0.15) is 0 Å². The molecule has 0 aliphatic carbocycles. The van der Waals surface area contributed by atoms with Crippen LogP contribution in [0.25, 0.3) is 0 Å². The van der Waals surface area contributed by atoms with Crippen LogP contribution in [0.5, 0.6) is 11.5 Å². The van der Waals surface area contributed by atoms with Gasteiger partial charge >= 0.3 is 0 Å². The Bertz CT molecular complexity index is 478. The zero-order valence-electron chi connectivity index (χ0n) is 11.1. The summed E-state index contributed by atoms with van der Waals surface area (Å²) in [5.41, 5.74) is 0.445. The first-order valence-electron chi connectivity index (χ1n) is 5.86. The van der Waals surface area contributed by atoms with Crippen LogP contribution in [0.2, 0.25) is 0 Å². The van der Waals surface area contributed by atoms with Gasteiger partial charge in [-0.3, -0.25) is 10.1 Å². The number of non-ortho nitro benzene ring substituents is 1. The van der Waals surface area contributed by atoms with E-state index >= 15 is 0 Å². The van der Waals surface area contributed by atoms with Gasteiger partial charge in [-0.25, -0.2) is 0 Å². The summed E-state index contributed by atoms with van der Waals surface area (Å²) in [6.07, 6.45) is 1.59. The first-order valence-corrected chi connectivity index (χ1v) is 6.40. The quantitative estimate of drug-likeness (QED) is 0.230. The molecule has 110 valence electrons. The number of nitro benzene ring substituents is 1. The van der Waals surface area contributed by atoms with Crippen molar-refractivity contribution in [1.29, 1.82) is 0 Å². The van der Waals surface area contributed by atoms with Crippen molar-refractivity contribution in [1.82, 2.24) is 0 Å². The number of methoxy groups -OCH3 is 1. The third-order valence-electron chi connectivity index (χ3n) is 2.36. The average Bonchev–Trinajstić information content (AvgIpc) is 2.45. The molecule has 0 saturated carbocycles. The minimum absolute atomic E-state index is 0.0859. The van der Waals surface area contributed by atoms with E-state index in [1.807, 2.05) is 0 Å². The summed E-state index contributed by atoms with van der Waals surface area (Å²) in [5.74, 6) is 0.983. The van der Waals surface area contributed by atoms with E-state index in [9.17, 15) is 10.1 Å². The molecule has 0 aliphatic heterocycles. The first-order chi connectivity index (χ1) is 9.63. The molecule has 0 saturated heterocycles. The number of nitrogens with zero attached hydrogens (tertiary/aromatic N) is 1. The van der Waals surface area contributed by atoms with Gasteiger partial charge in [0.25, 0.3) is 5.69 Å². The van der Waals surface area contributed by atoms with Crippen LogP contribution in [-0.4, -0.2) is 31.1 Å². The Kier molecular flexibility index (Phi) is 6.83. The highest BCUT2D eigenvalue weighted by Crippen LogP contribution is 2.36. The summed E-state index contributed by atoms with van der Waals surface area (Å²) in [7, 11) is 1.42. The van der Waals surface area contributed by atoms with E-state index in [-0.39, 0.29) is 24.7 Å². The molecule has 6 nitrogen and oxygen atoms in total. The summed E-state index contributed by atoms with van der Waals surface area (Å²) in [6.45, 7) is 4.29. The van der Waals surface area contributed by atoms with Crippen molar-refractivity contribution in [2.75, 3.05) is 26.2 Å². The van der Waals surface area contributed by atoms with E-state index in [0.29, 0.717) is 23.8 Å². The van der Waals surface area contributed by atoms with Gasteiger partial charge < -0.3 is 14.2 Å². The number of rotatable bonds is 9. The summed E-state index contributed by atoms with van der Waals surface area (Å²) in [6, 6.07) is 2.70. The molecule has 0 aliphatic rings. The Labute approximate surface area is 122 Å². The van der Waals surface area contributed by atoms with Crippen LogP contribution < -0.4 is 9.47 Å². The topological polar surface area (TPSA) is 70.8 Å². The second-order valence-corrected chi connectivity index (χ2v) is 4.11. The number of halogens is 1. The maximum absolute atomic E-state index is 10.9. The Morgan fingerprint density at radius 2 is 2.25 bits per heavy atom. The number of benzene rings is 1. The second-order valence-electron chi connectivity index (χ2n) is 3.73. The fourth-order valence-corrected chi connectivity index (χ4v) is 1.64. The maximum atomic E-state index is 10.9. The van der Waals surface area contributed by atoms with Crippen LogP contribution in [0.1, 0.15) is 5.56 Å². The lowest BCUT2D eigenvalue weighted by Crippen LogP contribution is -2.05. The fourth-order valence-electron chi connectivity index (χ4n) is 1.56. The number of alkyl halides is 1. The Hall–Kier alpha value is -1.79. The smallest absolute Gasteiger partial charge is 0.273 e. The molecule has 1 rings (SSSR count). The highest BCUT2D eigenvalue weighted by molar-refractivity contribution is 6.18. The Morgan fingerprint density at radius 3 is 2.80 bits per heavy atom. The van der Waals surface area contributed by atoms with Gasteiger partial charge in [-0.05, 0) is 0 Å². The lowest BCUT2D eigenvalue weighted by atomic mass is 10.1. The average molecular weight is 302 g/mol. The molecule has 0 radical (unpaired) electrons. The predicted octanol–water partition coefficient (Wildman–Crippen LogP) is 2.92. The summed E-state index contributed by atoms with van der Waals surface area (Å²) in [4.78, 5) is 10.4. The highest BCUT2D eigenvalue weighted by Gasteiger charge is 2.18. The van der Waals surface area contributed by atoms with Crippen molar-refractivity contribution < 1.29 is 19.1 Å². The van der Waals surface area contributed by atoms with Gasteiger partial charge in [0, 0.05) is 11.6 Å². The Balaban J connectivity index is 3.13. The van der Waals surface area contributed by atoms with E-state index in [0.717, 1.165) is 0 Å². The van der Waals surface area contributed by atoms with Gasteiger partial charge in [-0.1, -0.05) is 6.08 Å². The molecule has 0 N–H and O–H groups in total. The standard InChI is InChI=1S/C13H16ClNO5/c1-3-5-19-9-10-7-11(15(16)17)8-12(18-2)13(10)20-6-4-14/h3,7-8H,1,4-6,9H2,2H3. The molecule has 0 atom stereocenters. The lowest BCUT2D eigenvalue weighted by molar-refractivity contribution is -0.385. The molecule has 1 aromatic rings. The molecule has 0 heterocycles. The minimum Gasteiger partial charge on any atom is -0.493 e. The van der Waals surface area contributed by atoms with Crippen molar-refractivity contribution in [2.24, 2.45) is 0 Å². The fraction of sp³-hybridized carbons (Fsp3) is 0.385. The summed E-state index contributed by atoms with van der Waals surface area (Å²) < 4.78 is 15.9. The number of hydrogen-bond donors (Lipinski definition) is 0. The molecule has 0 amide bonds. The lowest BCUT2D eigenvalue weighted by Gasteiger charge is -2.14. The molecule has 7 heteroatoms. The molecule has 0 fully saturated rings. The van der Waals surface area contributed by atoms with E-state index in [2.05, 4.69) is 6.58 Å². The van der Waals surface area contributed by atoms with Crippen LogP contribution in [0.3, 0.4) is 0 Å². The minimum atomic E-state index is -0.495. The molecule has 0 aromatic heterocycles. The van der Waals surface area contributed by atoms with Crippen molar-refractivity contribution in [2.45, 2.75) is 6.61 Å². The normalized spacial score (nSPS) is 10.1. The van der Waals surface area contributed by atoms with Crippen LogP contribution in [0.15, 0.2) is 24.8 Å². The first kappa shape index (κ1) is 16.3. The van der Waals surface area contributed by atoms with Gasteiger partial charge in [-0.15, -0.1) is 18.2 Å². The van der Waals surface area contributed by atoms with Crippen LogP contribution in [0.4, 0.5) is 5.69 Å². The summed E-state index contributed by atoms with van der Waals surface area (Å²) >= 11 is 5.59. The van der Waals surface area contributed by atoms with Gasteiger partial charge in [0.2, 0.25) is 0 Å². The van der Waals surface area contributed by atoms with E-state index in [1.165, 1.54) is 19.2 Å². The van der Waals surface area contributed by atoms with Crippen LogP contribution >= 0.6 is 11.6 Å². The zero-order valence-corrected chi connectivity index (χ0v) is 11.9. The van der Waals surface area contributed by atoms with E-state index < -0.39 is 4.92 Å². The molecule has 0 spiro atoms. The molecule has 0 unspecified atom stereocenters. The van der Waals surface area contributed by atoms with Crippen molar-refractivity contribution in [3.8, 4) is 11.5 Å². The van der Waals surface area contributed by atoms with Gasteiger partial charge in [0.15, 0.2) is 11.5 Å². The number of ether oxygens (including phenoxy) is 3. The summed E-state index contributed by atoms with van der Waals surface area (Å²) in [5, 5.41) is 10.9. The molecule has 20 heavy (non-hydrogen) atoms. The number of hydrogen-bond acceptors (Lipinski definition) is 5. The third kappa shape index (κ3) is 4.40.